The van der Waals surface area contributed by atoms with Crippen LogP contribution < -0.4 is 0 Å². The van der Waals surface area contributed by atoms with Crippen LogP contribution in [-0.4, -0.2) is 48.6 Å². The van der Waals surface area contributed by atoms with E-state index in [9.17, 15) is 0 Å². The summed E-state index contributed by atoms with van der Waals surface area (Å²) in [6, 6.07) is 21.2. The van der Waals surface area contributed by atoms with Gasteiger partial charge in [0.1, 0.15) is 0 Å². The van der Waals surface area contributed by atoms with Crippen molar-refractivity contribution in [3.8, 4) is 0 Å². The van der Waals surface area contributed by atoms with Gasteiger partial charge in [-0.15, -0.1) is 0 Å². The molecule has 4 nitrogen and oxygen atoms in total. The van der Waals surface area contributed by atoms with Crippen LogP contribution in [0.3, 0.4) is 0 Å². The molecule has 1 heterocycles. The molecule has 1 aliphatic rings. The van der Waals surface area contributed by atoms with Gasteiger partial charge in [0.25, 0.3) is 0 Å². The van der Waals surface area contributed by atoms with Crippen molar-refractivity contribution in [2.45, 2.75) is 78.1 Å². The fourth-order valence-electron chi connectivity index (χ4n) is 4.61. The summed E-state index contributed by atoms with van der Waals surface area (Å²) in [5, 5.41) is 14.1. The van der Waals surface area contributed by atoms with E-state index in [4.69, 9.17) is 10.2 Å². The van der Waals surface area contributed by atoms with Crippen LogP contribution in [0, 0.1) is 0 Å². The second kappa shape index (κ2) is 18.2. The molecule has 0 radical (unpaired) electrons. The summed E-state index contributed by atoms with van der Waals surface area (Å²) in [5.41, 5.74) is 5.12. The van der Waals surface area contributed by atoms with Gasteiger partial charge in [0.15, 0.2) is 0 Å². The minimum Gasteiger partial charge on any atom is -0.293 e. The highest BCUT2D eigenvalue weighted by molar-refractivity contribution is 5.86. The number of nitrogens with zero attached hydrogens (tertiary/aromatic N) is 4. The Kier molecular flexibility index (Phi) is 14.1. The molecule has 38 heavy (non-hydrogen) atoms. The number of allylic oxidation sites excluding steroid dienone is 2. The van der Waals surface area contributed by atoms with Gasteiger partial charge in [0.2, 0.25) is 0 Å². The van der Waals surface area contributed by atoms with Gasteiger partial charge < -0.3 is 0 Å². The van der Waals surface area contributed by atoms with Crippen LogP contribution in [0.2, 0.25) is 0 Å². The van der Waals surface area contributed by atoms with E-state index in [0.29, 0.717) is 0 Å². The Morgan fingerprint density at radius 2 is 0.974 bits per heavy atom. The summed E-state index contributed by atoms with van der Waals surface area (Å²) >= 11 is 0. The molecule has 0 aliphatic carbocycles. The van der Waals surface area contributed by atoms with E-state index in [1.165, 1.54) is 73.6 Å². The monoisotopic (exact) mass is 512 g/mol. The van der Waals surface area contributed by atoms with Crippen molar-refractivity contribution < 1.29 is 0 Å². The molecule has 2 aromatic carbocycles. The van der Waals surface area contributed by atoms with E-state index in [0.717, 1.165) is 39.0 Å². The van der Waals surface area contributed by atoms with Crippen LogP contribution in [0.4, 0.5) is 0 Å². The van der Waals surface area contributed by atoms with E-state index in [1.807, 2.05) is 0 Å². The van der Waals surface area contributed by atoms with Crippen LogP contribution in [0.5, 0.6) is 0 Å². The van der Waals surface area contributed by atoms with E-state index in [1.54, 1.807) is 0 Å². The van der Waals surface area contributed by atoms with E-state index in [2.05, 4.69) is 109 Å². The van der Waals surface area contributed by atoms with Crippen molar-refractivity contribution in [1.29, 1.82) is 0 Å². The van der Waals surface area contributed by atoms with Gasteiger partial charge in [-0.25, -0.2) is 0 Å². The third-order valence-corrected chi connectivity index (χ3v) is 6.95. The van der Waals surface area contributed by atoms with Crippen LogP contribution in [0.25, 0.3) is 12.2 Å². The quantitative estimate of drug-likeness (QED) is 0.166. The summed E-state index contributed by atoms with van der Waals surface area (Å²) in [7, 11) is 0. The summed E-state index contributed by atoms with van der Waals surface area (Å²) < 4.78 is 0. The number of hydrazone groups is 2. The SMILES string of the molecule is CCCCCCC(=Cc1ccccc1)/C=N/N1CCN(/N=C/C(=Cc2ccccc2)CCCCCC)CC1. The maximum atomic E-state index is 4.87. The molecular formula is C34H48N4. The maximum Gasteiger partial charge on any atom is 0.0553 e. The Balaban J connectivity index is 1.55. The molecule has 4 heteroatoms. The minimum absolute atomic E-state index is 0.899. The number of rotatable bonds is 16. The van der Waals surface area contributed by atoms with Crippen molar-refractivity contribution >= 4 is 24.6 Å². The van der Waals surface area contributed by atoms with Crippen LogP contribution in [0.1, 0.15) is 89.2 Å². The lowest BCUT2D eigenvalue weighted by molar-refractivity contribution is 0.141. The Bertz CT molecular complexity index is 916. The van der Waals surface area contributed by atoms with Crippen molar-refractivity contribution in [3.05, 3.63) is 82.9 Å². The maximum absolute atomic E-state index is 4.87. The van der Waals surface area contributed by atoms with E-state index in [-0.39, 0.29) is 0 Å². The standard InChI is InChI=1S/C34H48N4/c1-3-5-7-11-21-33(27-31-17-13-9-14-18-31)29-35-37-23-25-38(26-24-37)36-30-34(22-12-8-6-4-2)28-32-19-15-10-16-20-32/h9-10,13-20,27-30H,3-8,11-12,21-26H2,1-2H3/b33-27?,34-28?,35-29+,36-30+. The highest BCUT2D eigenvalue weighted by Crippen LogP contribution is 2.16. The fourth-order valence-corrected chi connectivity index (χ4v) is 4.61. The molecule has 0 N–H and O–H groups in total. The average Bonchev–Trinajstić information content (AvgIpc) is 2.96. The number of piperazine rings is 1. The van der Waals surface area contributed by atoms with E-state index < -0.39 is 0 Å². The van der Waals surface area contributed by atoms with Crippen molar-refractivity contribution in [1.82, 2.24) is 10.0 Å². The Hall–Kier alpha value is -3.14. The molecule has 0 atom stereocenters. The van der Waals surface area contributed by atoms with Crippen LogP contribution >= 0.6 is 0 Å². The number of hydrogen-bond donors (Lipinski definition) is 0. The summed E-state index contributed by atoms with van der Waals surface area (Å²) in [4.78, 5) is 0. The summed E-state index contributed by atoms with van der Waals surface area (Å²) in [6.07, 6.45) is 21.1. The van der Waals surface area contributed by atoms with Crippen molar-refractivity contribution in [2.24, 2.45) is 10.2 Å². The molecule has 1 aliphatic heterocycles. The molecule has 1 fully saturated rings. The predicted octanol–water partition coefficient (Wildman–Crippen LogP) is 8.68. The Morgan fingerprint density at radius 3 is 1.34 bits per heavy atom. The zero-order valence-corrected chi connectivity index (χ0v) is 23.8. The van der Waals surface area contributed by atoms with Gasteiger partial charge in [-0.1, -0.05) is 125 Å². The first-order valence-electron chi connectivity index (χ1n) is 14.9. The lowest BCUT2D eigenvalue weighted by atomic mass is 10.0. The second-order valence-electron chi connectivity index (χ2n) is 10.3. The first kappa shape index (κ1) is 29.4. The molecule has 0 bridgehead atoms. The molecular weight excluding hydrogens is 464 g/mol. The lowest BCUT2D eigenvalue weighted by Crippen LogP contribution is -2.41. The molecule has 0 aromatic heterocycles. The zero-order valence-electron chi connectivity index (χ0n) is 23.8. The van der Waals surface area contributed by atoms with Gasteiger partial charge in [-0.3, -0.25) is 10.0 Å². The van der Waals surface area contributed by atoms with Crippen molar-refractivity contribution in [3.63, 3.8) is 0 Å². The van der Waals surface area contributed by atoms with E-state index >= 15 is 0 Å². The third kappa shape index (κ3) is 11.9. The van der Waals surface area contributed by atoms with Gasteiger partial charge >= 0.3 is 0 Å². The zero-order chi connectivity index (χ0) is 26.7. The molecule has 204 valence electrons. The lowest BCUT2D eigenvalue weighted by Gasteiger charge is -2.31. The molecule has 1 saturated heterocycles. The summed E-state index contributed by atoms with van der Waals surface area (Å²) in [6.45, 7) is 8.12. The first-order valence-corrected chi connectivity index (χ1v) is 14.9. The smallest absolute Gasteiger partial charge is 0.0553 e. The molecule has 0 saturated carbocycles. The van der Waals surface area contributed by atoms with Crippen molar-refractivity contribution in [2.75, 3.05) is 26.2 Å². The highest BCUT2D eigenvalue weighted by atomic mass is 15.5. The van der Waals surface area contributed by atoms with Gasteiger partial charge in [-0.2, -0.15) is 10.2 Å². The molecule has 0 unspecified atom stereocenters. The fraction of sp³-hybridized carbons (Fsp3) is 0.471. The van der Waals surface area contributed by atoms with Crippen LogP contribution in [0.15, 0.2) is 82.0 Å². The number of benzene rings is 2. The Labute approximate surface area is 231 Å². The largest absolute Gasteiger partial charge is 0.293 e. The third-order valence-electron chi connectivity index (χ3n) is 6.95. The number of hydrogen-bond acceptors (Lipinski definition) is 4. The normalized spacial score (nSPS) is 15.2. The minimum atomic E-state index is 0.899. The number of unbranched alkanes of at least 4 members (excludes halogenated alkanes) is 6. The van der Waals surface area contributed by atoms with Crippen LogP contribution in [-0.2, 0) is 0 Å². The summed E-state index contributed by atoms with van der Waals surface area (Å²) in [5.74, 6) is 0. The first-order chi connectivity index (χ1) is 18.8. The molecule has 2 aromatic rings. The van der Waals surface area contributed by atoms with Gasteiger partial charge in [-0.05, 0) is 48.0 Å². The molecule has 0 amide bonds. The molecule has 3 rings (SSSR count). The Morgan fingerprint density at radius 1 is 0.579 bits per heavy atom. The topological polar surface area (TPSA) is 31.2 Å². The highest BCUT2D eigenvalue weighted by Gasteiger charge is 2.13. The van der Waals surface area contributed by atoms with Gasteiger partial charge in [0.05, 0.1) is 38.6 Å². The van der Waals surface area contributed by atoms with Gasteiger partial charge in [0, 0.05) is 0 Å². The average molecular weight is 513 g/mol. The predicted molar refractivity (Wildman–Crippen MR) is 166 cm³/mol. The second-order valence-corrected chi connectivity index (χ2v) is 10.3. The molecule has 0 spiro atoms.